The summed E-state index contributed by atoms with van der Waals surface area (Å²) < 4.78 is 26.2. The molecule has 0 amide bonds. The highest BCUT2D eigenvalue weighted by molar-refractivity contribution is 7.89. The van der Waals surface area contributed by atoms with Gasteiger partial charge in [0, 0.05) is 6.04 Å². The molecule has 136 valence electrons. The smallest absolute Gasteiger partial charge is 0.240 e. The van der Waals surface area contributed by atoms with Crippen LogP contribution in [0.15, 0.2) is 65.7 Å². The minimum Gasteiger partial charge on any atom is -0.341 e. The fourth-order valence-corrected chi connectivity index (χ4v) is 3.44. The van der Waals surface area contributed by atoms with Crippen LogP contribution in [-0.4, -0.2) is 25.4 Å². The standard InChI is InChI=1S/C19H22N4O2S/c1-14(16-9-6-10-17(11-16)26(24,25)20-2)21-13-19-22-12-18(23-19)15-7-4-3-5-8-15/h3-12,14,20-21H,13H2,1-2H3,(H,22,23)/t14-/m1/s1. The normalized spacial score (nSPS) is 12.8. The monoisotopic (exact) mass is 370 g/mol. The Morgan fingerprint density at radius 3 is 2.62 bits per heavy atom. The SMILES string of the molecule is CNS(=O)(=O)c1cccc([C@@H](C)NCc2ncc(-c3ccccc3)[nH]2)c1. The molecule has 3 N–H and O–H groups in total. The summed E-state index contributed by atoms with van der Waals surface area (Å²) >= 11 is 0. The van der Waals surface area contributed by atoms with Crippen LogP contribution in [-0.2, 0) is 16.6 Å². The van der Waals surface area contributed by atoms with E-state index in [1.165, 1.54) is 7.05 Å². The van der Waals surface area contributed by atoms with E-state index in [9.17, 15) is 8.42 Å². The van der Waals surface area contributed by atoms with E-state index < -0.39 is 10.0 Å². The van der Waals surface area contributed by atoms with E-state index in [-0.39, 0.29) is 10.9 Å². The lowest BCUT2D eigenvalue weighted by Crippen LogP contribution is -2.21. The maximum Gasteiger partial charge on any atom is 0.240 e. The molecule has 1 atom stereocenters. The van der Waals surface area contributed by atoms with Gasteiger partial charge in [-0.05, 0) is 37.2 Å². The first-order chi connectivity index (χ1) is 12.5. The summed E-state index contributed by atoms with van der Waals surface area (Å²) in [7, 11) is -2.04. The fourth-order valence-electron chi connectivity index (χ4n) is 2.65. The minimum atomic E-state index is -3.44. The quantitative estimate of drug-likeness (QED) is 0.597. The molecule has 6 nitrogen and oxygen atoms in total. The molecule has 0 saturated heterocycles. The first-order valence-corrected chi connectivity index (χ1v) is 9.84. The minimum absolute atomic E-state index is 0.0210. The van der Waals surface area contributed by atoms with E-state index in [0.717, 1.165) is 22.6 Å². The summed E-state index contributed by atoms with van der Waals surface area (Å²) in [5.74, 6) is 0.828. The van der Waals surface area contributed by atoms with Crippen LogP contribution in [0.1, 0.15) is 24.4 Å². The van der Waals surface area contributed by atoms with Gasteiger partial charge < -0.3 is 10.3 Å². The van der Waals surface area contributed by atoms with Crippen LogP contribution in [0.2, 0.25) is 0 Å². The van der Waals surface area contributed by atoms with Crippen molar-refractivity contribution in [3.05, 3.63) is 72.2 Å². The average Bonchev–Trinajstić information content (AvgIpc) is 3.16. The largest absolute Gasteiger partial charge is 0.341 e. The second kappa shape index (κ2) is 7.82. The van der Waals surface area contributed by atoms with Crippen molar-refractivity contribution < 1.29 is 8.42 Å². The van der Waals surface area contributed by atoms with Gasteiger partial charge in [0.25, 0.3) is 0 Å². The van der Waals surface area contributed by atoms with Crippen LogP contribution >= 0.6 is 0 Å². The number of nitrogens with one attached hydrogen (secondary N) is 3. The molecule has 0 unspecified atom stereocenters. The van der Waals surface area contributed by atoms with Crippen molar-refractivity contribution in [1.82, 2.24) is 20.0 Å². The lowest BCUT2D eigenvalue weighted by molar-refractivity contribution is 0.560. The molecular weight excluding hydrogens is 348 g/mol. The maximum atomic E-state index is 11.9. The summed E-state index contributed by atoms with van der Waals surface area (Å²) in [6.07, 6.45) is 1.82. The van der Waals surface area contributed by atoms with E-state index in [4.69, 9.17) is 0 Å². The molecular formula is C19H22N4O2S. The number of aromatic amines is 1. The molecule has 0 aliphatic carbocycles. The van der Waals surface area contributed by atoms with Crippen LogP contribution in [0.3, 0.4) is 0 Å². The predicted octanol–water partition coefficient (Wildman–Crippen LogP) is 2.84. The van der Waals surface area contributed by atoms with Gasteiger partial charge in [-0.3, -0.25) is 0 Å². The van der Waals surface area contributed by atoms with Crippen LogP contribution in [0, 0.1) is 0 Å². The second-order valence-corrected chi connectivity index (χ2v) is 7.88. The van der Waals surface area contributed by atoms with Gasteiger partial charge in [0.15, 0.2) is 0 Å². The lowest BCUT2D eigenvalue weighted by atomic mass is 10.1. The van der Waals surface area contributed by atoms with Gasteiger partial charge in [-0.2, -0.15) is 0 Å². The number of hydrogen-bond donors (Lipinski definition) is 3. The van der Waals surface area contributed by atoms with Gasteiger partial charge in [0.05, 0.1) is 23.3 Å². The van der Waals surface area contributed by atoms with Crippen molar-refractivity contribution in [2.24, 2.45) is 0 Å². The average molecular weight is 370 g/mol. The Labute approximate surface area is 153 Å². The molecule has 0 fully saturated rings. The van der Waals surface area contributed by atoms with Gasteiger partial charge in [0.1, 0.15) is 5.82 Å². The van der Waals surface area contributed by atoms with Crippen molar-refractivity contribution >= 4 is 10.0 Å². The van der Waals surface area contributed by atoms with Crippen LogP contribution in [0.4, 0.5) is 0 Å². The summed E-state index contributed by atoms with van der Waals surface area (Å²) in [5, 5.41) is 3.37. The molecule has 0 bridgehead atoms. The molecule has 0 spiro atoms. The molecule has 3 rings (SSSR count). The predicted molar refractivity (Wildman–Crippen MR) is 102 cm³/mol. The Kier molecular flexibility index (Phi) is 5.51. The van der Waals surface area contributed by atoms with Gasteiger partial charge in [-0.25, -0.2) is 18.1 Å². The highest BCUT2D eigenvalue weighted by atomic mass is 32.2. The molecule has 7 heteroatoms. The van der Waals surface area contributed by atoms with Gasteiger partial charge >= 0.3 is 0 Å². The zero-order valence-corrected chi connectivity index (χ0v) is 15.5. The topological polar surface area (TPSA) is 86.9 Å². The van der Waals surface area contributed by atoms with Crippen molar-refractivity contribution in [2.45, 2.75) is 24.4 Å². The zero-order valence-electron chi connectivity index (χ0n) is 14.7. The Hall–Kier alpha value is -2.48. The molecule has 2 aromatic carbocycles. The fraction of sp³-hybridized carbons (Fsp3) is 0.211. The number of rotatable bonds is 7. The van der Waals surface area contributed by atoms with Gasteiger partial charge in [0.2, 0.25) is 10.0 Å². The number of imidazole rings is 1. The number of sulfonamides is 1. The first-order valence-electron chi connectivity index (χ1n) is 8.36. The van der Waals surface area contributed by atoms with Crippen molar-refractivity contribution in [3.8, 4) is 11.3 Å². The molecule has 0 aliphatic rings. The molecule has 1 heterocycles. The summed E-state index contributed by atoms with van der Waals surface area (Å²) in [6.45, 7) is 2.54. The van der Waals surface area contributed by atoms with E-state index >= 15 is 0 Å². The molecule has 3 aromatic rings. The highest BCUT2D eigenvalue weighted by Crippen LogP contribution is 2.19. The molecule has 1 aromatic heterocycles. The van der Waals surface area contributed by atoms with Crippen molar-refractivity contribution in [2.75, 3.05) is 7.05 Å². The van der Waals surface area contributed by atoms with E-state index in [2.05, 4.69) is 20.0 Å². The van der Waals surface area contributed by atoms with E-state index in [1.54, 1.807) is 18.2 Å². The molecule has 26 heavy (non-hydrogen) atoms. The second-order valence-electron chi connectivity index (χ2n) is 5.99. The van der Waals surface area contributed by atoms with Crippen molar-refractivity contribution in [1.29, 1.82) is 0 Å². The summed E-state index contributed by atoms with van der Waals surface area (Å²) in [5.41, 5.74) is 2.96. The highest BCUT2D eigenvalue weighted by Gasteiger charge is 2.14. The number of H-pyrrole nitrogens is 1. The summed E-state index contributed by atoms with van der Waals surface area (Å²) in [4.78, 5) is 7.97. The Balaban J connectivity index is 1.67. The summed E-state index contributed by atoms with van der Waals surface area (Å²) in [6, 6.07) is 16.9. The van der Waals surface area contributed by atoms with E-state index in [0.29, 0.717) is 6.54 Å². The maximum absolute atomic E-state index is 11.9. The molecule has 0 radical (unpaired) electrons. The Morgan fingerprint density at radius 1 is 1.12 bits per heavy atom. The molecule has 0 aliphatic heterocycles. The Bertz CT molecular complexity index is 968. The molecule has 0 saturated carbocycles. The zero-order chi connectivity index (χ0) is 18.6. The third kappa shape index (κ3) is 4.19. The van der Waals surface area contributed by atoms with E-state index in [1.807, 2.05) is 49.5 Å². The van der Waals surface area contributed by atoms with Crippen LogP contribution < -0.4 is 10.0 Å². The van der Waals surface area contributed by atoms with Crippen LogP contribution in [0.25, 0.3) is 11.3 Å². The van der Waals surface area contributed by atoms with Crippen molar-refractivity contribution in [3.63, 3.8) is 0 Å². The number of benzene rings is 2. The third-order valence-corrected chi connectivity index (χ3v) is 5.64. The number of nitrogens with zero attached hydrogens (tertiary/aromatic N) is 1. The third-order valence-electron chi connectivity index (χ3n) is 4.23. The van der Waals surface area contributed by atoms with Crippen LogP contribution in [0.5, 0.6) is 0 Å². The Morgan fingerprint density at radius 2 is 1.88 bits per heavy atom. The first kappa shape index (κ1) is 18.3. The number of hydrogen-bond acceptors (Lipinski definition) is 4. The van der Waals surface area contributed by atoms with Gasteiger partial charge in [-0.1, -0.05) is 42.5 Å². The lowest BCUT2D eigenvalue weighted by Gasteiger charge is -2.14. The van der Waals surface area contributed by atoms with Gasteiger partial charge in [-0.15, -0.1) is 0 Å². The number of aromatic nitrogens is 2.